The van der Waals surface area contributed by atoms with Gasteiger partial charge in [0, 0.05) is 0 Å². The lowest BCUT2D eigenvalue weighted by molar-refractivity contribution is -0.255. The van der Waals surface area contributed by atoms with E-state index in [0.29, 0.717) is 43.7 Å². The maximum Gasteiger partial charge on any atom is 0.161 e. The maximum absolute atomic E-state index is 10.7. The Kier molecular flexibility index (Phi) is 8.19. The molecule has 0 fully saturated rings. The second-order valence-electron chi connectivity index (χ2n) is 5.53. The Balaban J connectivity index is 1.65. The molecule has 0 bridgehead atoms. The molecule has 6 heteroatoms. The molecule has 0 spiro atoms. The Bertz CT molecular complexity index is 752. The van der Waals surface area contributed by atoms with Crippen LogP contribution >= 0.6 is 0 Å². The molecule has 2 rings (SSSR count). The summed E-state index contributed by atoms with van der Waals surface area (Å²) in [7, 11) is 1.61. The molecule has 0 saturated carbocycles. The number of ether oxygens (including phenoxy) is 4. The fourth-order valence-electron chi connectivity index (χ4n) is 2.32. The Morgan fingerprint density at radius 1 is 0.963 bits per heavy atom. The van der Waals surface area contributed by atoms with Crippen molar-refractivity contribution in [2.75, 3.05) is 33.5 Å². The predicted molar refractivity (Wildman–Crippen MR) is 100 cm³/mol. The molecule has 0 aliphatic heterocycles. The van der Waals surface area contributed by atoms with Gasteiger partial charge in [0.1, 0.15) is 19.0 Å². The summed E-state index contributed by atoms with van der Waals surface area (Å²) in [6, 6.07) is 11.8. The third kappa shape index (κ3) is 6.67. The molecule has 0 unspecified atom stereocenters. The number of aromatic carboxylic acids is 1. The first kappa shape index (κ1) is 20.3. The predicted octanol–water partition coefficient (Wildman–Crippen LogP) is 2.57. The second kappa shape index (κ2) is 10.9. The number of allylic oxidation sites excluding steroid dienone is 1. The number of carbonyl (C=O) groups excluding carboxylic acids is 1. The zero-order valence-electron chi connectivity index (χ0n) is 15.5. The number of hydrogen-bond acceptors (Lipinski definition) is 6. The zero-order chi connectivity index (χ0) is 19.5. The normalized spacial score (nSPS) is 10.7. The van der Waals surface area contributed by atoms with Crippen LogP contribution in [-0.2, 0) is 4.74 Å². The molecule has 0 heterocycles. The van der Waals surface area contributed by atoms with E-state index in [1.165, 1.54) is 12.1 Å². The van der Waals surface area contributed by atoms with E-state index in [9.17, 15) is 9.90 Å². The number of methoxy groups -OCH3 is 1. The van der Waals surface area contributed by atoms with Crippen LogP contribution in [0, 0.1) is 0 Å². The first-order chi connectivity index (χ1) is 13.1. The van der Waals surface area contributed by atoms with Crippen molar-refractivity contribution in [2.24, 2.45) is 0 Å². The number of benzene rings is 2. The van der Waals surface area contributed by atoms with Crippen molar-refractivity contribution in [3.05, 3.63) is 59.7 Å². The maximum atomic E-state index is 10.7. The average molecular weight is 371 g/mol. The Hall–Kier alpha value is -2.99. The molecule has 0 aromatic heterocycles. The summed E-state index contributed by atoms with van der Waals surface area (Å²) in [6.07, 6.45) is 3.95. The Morgan fingerprint density at radius 2 is 1.67 bits per heavy atom. The molecule has 0 atom stereocenters. The van der Waals surface area contributed by atoms with Crippen molar-refractivity contribution in [3.8, 4) is 17.2 Å². The van der Waals surface area contributed by atoms with Gasteiger partial charge < -0.3 is 28.8 Å². The van der Waals surface area contributed by atoms with Crippen LogP contribution in [0.25, 0.3) is 6.08 Å². The van der Waals surface area contributed by atoms with Crippen LogP contribution in [0.15, 0.2) is 48.5 Å². The summed E-state index contributed by atoms with van der Waals surface area (Å²) >= 11 is 0. The minimum absolute atomic E-state index is 0.116. The minimum atomic E-state index is -1.21. The van der Waals surface area contributed by atoms with Crippen LogP contribution in [0.1, 0.15) is 22.8 Å². The van der Waals surface area contributed by atoms with Gasteiger partial charge >= 0.3 is 0 Å². The van der Waals surface area contributed by atoms with Crippen LogP contribution in [0.2, 0.25) is 0 Å². The largest absolute Gasteiger partial charge is 0.545 e. The van der Waals surface area contributed by atoms with Gasteiger partial charge in [0.05, 0.1) is 26.3 Å². The molecule has 2 aromatic carbocycles. The van der Waals surface area contributed by atoms with Gasteiger partial charge in [-0.15, -0.1) is 0 Å². The van der Waals surface area contributed by atoms with E-state index in [1.54, 1.807) is 19.2 Å². The van der Waals surface area contributed by atoms with E-state index in [0.717, 1.165) is 5.56 Å². The van der Waals surface area contributed by atoms with Crippen molar-refractivity contribution < 1.29 is 28.8 Å². The van der Waals surface area contributed by atoms with Crippen molar-refractivity contribution in [1.29, 1.82) is 0 Å². The van der Waals surface area contributed by atoms with Crippen molar-refractivity contribution in [2.45, 2.75) is 6.92 Å². The molecule has 0 radical (unpaired) electrons. The summed E-state index contributed by atoms with van der Waals surface area (Å²) < 4.78 is 22.0. The second-order valence-corrected chi connectivity index (χ2v) is 5.53. The summed E-state index contributed by atoms with van der Waals surface area (Å²) in [5, 5.41) is 10.7. The highest BCUT2D eigenvalue weighted by atomic mass is 16.6. The Labute approximate surface area is 158 Å². The molecule has 0 amide bonds. The highest BCUT2D eigenvalue weighted by molar-refractivity contribution is 5.85. The standard InChI is InChI=1S/C21H24O6/c1-3-4-16-5-10-19(20(15-16)24-2)27-14-12-25-11-13-26-18-8-6-17(7-9-18)21(22)23/h3-10,15H,11-14H2,1-2H3,(H,22,23)/p-1/b4-3+. The molecule has 0 aliphatic rings. The smallest absolute Gasteiger partial charge is 0.161 e. The van der Waals surface area contributed by atoms with E-state index in [-0.39, 0.29) is 5.56 Å². The lowest BCUT2D eigenvalue weighted by atomic mass is 10.2. The molecule has 27 heavy (non-hydrogen) atoms. The van der Waals surface area contributed by atoms with Gasteiger partial charge in [-0.05, 0) is 54.4 Å². The van der Waals surface area contributed by atoms with Gasteiger partial charge in [-0.3, -0.25) is 0 Å². The van der Waals surface area contributed by atoms with E-state index < -0.39 is 5.97 Å². The topological polar surface area (TPSA) is 77.1 Å². The van der Waals surface area contributed by atoms with Crippen LogP contribution in [-0.4, -0.2) is 39.5 Å². The van der Waals surface area contributed by atoms with E-state index in [1.807, 2.05) is 37.3 Å². The number of rotatable bonds is 11. The highest BCUT2D eigenvalue weighted by Gasteiger charge is 2.04. The monoisotopic (exact) mass is 371 g/mol. The summed E-state index contributed by atoms with van der Waals surface area (Å²) in [6.45, 7) is 3.50. The molecule has 0 saturated heterocycles. The quantitative estimate of drug-likeness (QED) is 0.565. The van der Waals surface area contributed by atoms with E-state index in [4.69, 9.17) is 18.9 Å². The van der Waals surface area contributed by atoms with Gasteiger partial charge in [0.15, 0.2) is 11.5 Å². The van der Waals surface area contributed by atoms with Gasteiger partial charge in [-0.25, -0.2) is 0 Å². The molecule has 144 valence electrons. The molecule has 0 aliphatic carbocycles. The van der Waals surface area contributed by atoms with Crippen LogP contribution in [0.3, 0.4) is 0 Å². The lowest BCUT2D eigenvalue weighted by Crippen LogP contribution is -2.21. The molecular formula is C21H23O6-. The van der Waals surface area contributed by atoms with Crippen LogP contribution in [0.5, 0.6) is 17.2 Å². The average Bonchev–Trinajstić information content (AvgIpc) is 2.68. The molecule has 6 nitrogen and oxygen atoms in total. The van der Waals surface area contributed by atoms with Crippen LogP contribution < -0.4 is 19.3 Å². The van der Waals surface area contributed by atoms with Crippen molar-refractivity contribution >= 4 is 12.0 Å². The number of carboxylic acids is 1. The summed E-state index contributed by atoms with van der Waals surface area (Å²) in [5.41, 5.74) is 1.16. The Morgan fingerprint density at radius 3 is 2.30 bits per heavy atom. The third-order valence-electron chi connectivity index (χ3n) is 3.62. The van der Waals surface area contributed by atoms with Gasteiger partial charge in [-0.1, -0.05) is 18.2 Å². The fourth-order valence-corrected chi connectivity index (χ4v) is 2.32. The first-order valence-corrected chi connectivity index (χ1v) is 8.59. The number of carboxylic acid groups (broad SMARTS) is 1. The first-order valence-electron chi connectivity index (χ1n) is 8.59. The van der Waals surface area contributed by atoms with Crippen molar-refractivity contribution in [1.82, 2.24) is 0 Å². The summed E-state index contributed by atoms with van der Waals surface area (Å²) in [4.78, 5) is 10.7. The van der Waals surface area contributed by atoms with Crippen LogP contribution in [0.4, 0.5) is 0 Å². The highest BCUT2D eigenvalue weighted by Crippen LogP contribution is 2.28. The van der Waals surface area contributed by atoms with E-state index in [2.05, 4.69) is 0 Å². The summed E-state index contributed by atoms with van der Waals surface area (Å²) in [5.74, 6) is 0.705. The zero-order valence-corrected chi connectivity index (χ0v) is 15.5. The fraction of sp³-hybridized carbons (Fsp3) is 0.286. The molecule has 2 aromatic rings. The molecule has 0 N–H and O–H groups in total. The van der Waals surface area contributed by atoms with Gasteiger partial charge in [0.25, 0.3) is 0 Å². The van der Waals surface area contributed by atoms with E-state index >= 15 is 0 Å². The lowest BCUT2D eigenvalue weighted by Gasteiger charge is -2.12. The third-order valence-corrected chi connectivity index (χ3v) is 3.62. The molecular weight excluding hydrogens is 348 g/mol. The SMILES string of the molecule is C/C=C/c1ccc(OCCOCCOc2ccc(C(=O)[O-])cc2)c(OC)c1. The number of hydrogen-bond donors (Lipinski definition) is 0. The number of carbonyl (C=O) groups is 1. The van der Waals surface area contributed by atoms with Gasteiger partial charge in [0.2, 0.25) is 0 Å². The minimum Gasteiger partial charge on any atom is -0.545 e. The van der Waals surface area contributed by atoms with Gasteiger partial charge in [-0.2, -0.15) is 0 Å². The van der Waals surface area contributed by atoms with Crippen molar-refractivity contribution in [3.63, 3.8) is 0 Å².